The van der Waals surface area contributed by atoms with Crippen molar-refractivity contribution >= 4 is 8.60 Å². The zero-order chi connectivity index (χ0) is 20.3. The Kier molecular flexibility index (Phi) is 11.1. The molecule has 0 aliphatic carbocycles. The summed E-state index contributed by atoms with van der Waals surface area (Å²) in [6.45, 7) is 11.6. The van der Waals surface area contributed by atoms with Crippen molar-refractivity contribution in [2.75, 3.05) is 27.4 Å². The molecule has 0 saturated carbocycles. The minimum absolute atomic E-state index is 0.0382. The van der Waals surface area contributed by atoms with Crippen molar-refractivity contribution in [2.45, 2.75) is 72.1 Å². The molecule has 27 heavy (non-hydrogen) atoms. The fourth-order valence-corrected chi connectivity index (χ4v) is 3.95. The molecular formula is C21H37O5P. The van der Waals surface area contributed by atoms with E-state index in [1.54, 1.807) is 14.2 Å². The van der Waals surface area contributed by atoms with Gasteiger partial charge in [0.1, 0.15) is 0 Å². The highest BCUT2D eigenvalue weighted by Crippen LogP contribution is 2.51. The van der Waals surface area contributed by atoms with Gasteiger partial charge in [0, 0.05) is 5.56 Å². The van der Waals surface area contributed by atoms with Gasteiger partial charge >= 0.3 is 8.60 Å². The van der Waals surface area contributed by atoms with E-state index in [1.165, 1.54) is 25.7 Å². The van der Waals surface area contributed by atoms with Gasteiger partial charge in [0.15, 0.2) is 11.5 Å². The van der Waals surface area contributed by atoms with Gasteiger partial charge in [-0.05, 0) is 31.7 Å². The Hall–Kier alpha value is -1.03. The van der Waals surface area contributed by atoms with E-state index in [2.05, 4.69) is 26.8 Å². The van der Waals surface area contributed by atoms with Gasteiger partial charge in [0.25, 0.3) is 0 Å². The van der Waals surface area contributed by atoms with Gasteiger partial charge in [0.2, 0.25) is 5.75 Å². The molecular weight excluding hydrogens is 363 g/mol. The summed E-state index contributed by atoms with van der Waals surface area (Å²) in [6, 6.07) is 4.01. The average molecular weight is 400 g/mol. The molecule has 0 fully saturated rings. The van der Waals surface area contributed by atoms with Crippen molar-refractivity contribution in [3.05, 3.63) is 17.7 Å². The lowest BCUT2D eigenvalue weighted by Crippen LogP contribution is -2.19. The zero-order valence-electron chi connectivity index (χ0n) is 18.1. The highest BCUT2D eigenvalue weighted by atomic mass is 31.2. The minimum atomic E-state index is -1.51. The first-order valence-corrected chi connectivity index (χ1v) is 11.0. The van der Waals surface area contributed by atoms with Gasteiger partial charge in [-0.3, -0.25) is 0 Å². The van der Waals surface area contributed by atoms with Crippen LogP contribution in [0.4, 0.5) is 0 Å². The largest absolute Gasteiger partial charge is 0.493 e. The Morgan fingerprint density at radius 1 is 0.852 bits per heavy atom. The molecule has 0 radical (unpaired) electrons. The van der Waals surface area contributed by atoms with E-state index in [1.807, 2.05) is 19.9 Å². The van der Waals surface area contributed by atoms with Crippen LogP contribution in [0.25, 0.3) is 0 Å². The smallest absolute Gasteiger partial charge is 0.397 e. The van der Waals surface area contributed by atoms with Gasteiger partial charge in [-0.25, -0.2) is 0 Å². The Balaban J connectivity index is 3.19. The maximum atomic E-state index is 6.09. The molecule has 1 aromatic carbocycles. The van der Waals surface area contributed by atoms with Crippen molar-refractivity contribution < 1.29 is 23.0 Å². The van der Waals surface area contributed by atoms with E-state index in [-0.39, 0.29) is 5.41 Å². The molecule has 0 saturated heterocycles. The number of rotatable bonds is 14. The Labute approximate surface area is 166 Å². The quantitative estimate of drug-likeness (QED) is 0.259. The van der Waals surface area contributed by atoms with Gasteiger partial charge in [0.05, 0.1) is 27.4 Å². The summed E-state index contributed by atoms with van der Waals surface area (Å²) in [5, 5.41) is 0. The standard InChI is InChI=1S/C21H37O5P/c1-8-11-12-13-16-21(4,5)17-14-15-18(22-6)20(19(17)23-7)26-27(24-9-2)25-10-3/h14-15H,8-13,16H2,1-7H3. The second-order valence-corrected chi connectivity index (χ2v) is 8.17. The molecule has 0 aromatic heterocycles. The maximum Gasteiger partial charge on any atom is 0.397 e. The summed E-state index contributed by atoms with van der Waals surface area (Å²) in [6.07, 6.45) is 6.04. The summed E-state index contributed by atoms with van der Waals surface area (Å²) < 4.78 is 28.6. The molecule has 0 aliphatic heterocycles. The SMILES string of the molecule is CCCCCCC(C)(C)c1ccc(OC)c(OP(OCC)OCC)c1OC. The third-order valence-electron chi connectivity index (χ3n) is 4.52. The first kappa shape index (κ1) is 24.0. The first-order valence-electron chi connectivity index (χ1n) is 9.94. The minimum Gasteiger partial charge on any atom is -0.493 e. The summed E-state index contributed by atoms with van der Waals surface area (Å²) in [5.74, 6) is 1.86. The molecule has 156 valence electrons. The van der Waals surface area contributed by atoms with Crippen LogP contribution in [0.3, 0.4) is 0 Å². The van der Waals surface area contributed by atoms with E-state index in [4.69, 9.17) is 23.0 Å². The van der Waals surface area contributed by atoms with Crippen LogP contribution < -0.4 is 14.0 Å². The molecule has 0 amide bonds. The molecule has 5 nitrogen and oxygen atoms in total. The van der Waals surface area contributed by atoms with Crippen LogP contribution >= 0.6 is 8.60 Å². The number of methoxy groups -OCH3 is 2. The normalized spacial score (nSPS) is 11.7. The van der Waals surface area contributed by atoms with Crippen molar-refractivity contribution in [3.8, 4) is 17.2 Å². The molecule has 0 aliphatic rings. The molecule has 0 unspecified atom stereocenters. The van der Waals surface area contributed by atoms with E-state index < -0.39 is 8.60 Å². The topological polar surface area (TPSA) is 46.2 Å². The molecule has 0 N–H and O–H groups in total. The number of ether oxygens (including phenoxy) is 2. The van der Waals surface area contributed by atoms with Crippen LogP contribution in [0.5, 0.6) is 17.2 Å². The summed E-state index contributed by atoms with van der Waals surface area (Å²) >= 11 is 0. The molecule has 0 bridgehead atoms. The fourth-order valence-electron chi connectivity index (χ4n) is 3.03. The second kappa shape index (κ2) is 12.4. The van der Waals surface area contributed by atoms with Crippen LogP contribution in [-0.4, -0.2) is 27.4 Å². The second-order valence-electron chi connectivity index (χ2n) is 7.02. The maximum absolute atomic E-state index is 6.09. The Morgan fingerprint density at radius 2 is 1.52 bits per heavy atom. The highest BCUT2D eigenvalue weighted by molar-refractivity contribution is 7.42. The molecule has 6 heteroatoms. The Bertz CT molecular complexity index is 542. The van der Waals surface area contributed by atoms with Crippen LogP contribution in [0.1, 0.15) is 72.3 Å². The first-order chi connectivity index (χ1) is 12.9. The molecule has 0 atom stereocenters. The van der Waals surface area contributed by atoms with Gasteiger partial charge in [-0.1, -0.05) is 52.5 Å². The van der Waals surface area contributed by atoms with Crippen molar-refractivity contribution in [3.63, 3.8) is 0 Å². The monoisotopic (exact) mass is 400 g/mol. The number of hydrogen-bond donors (Lipinski definition) is 0. The third kappa shape index (κ3) is 7.14. The fraction of sp³-hybridized carbons (Fsp3) is 0.714. The van der Waals surface area contributed by atoms with E-state index >= 15 is 0 Å². The summed E-state index contributed by atoms with van der Waals surface area (Å²) in [4.78, 5) is 0. The molecule has 1 rings (SSSR count). The number of unbranched alkanes of at least 4 members (excludes halogenated alkanes) is 3. The van der Waals surface area contributed by atoms with Crippen LogP contribution in [0.15, 0.2) is 12.1 Å². The molecule has 0 heterocycles. The number of hydrogen-bond acceptors (Lipinski definition) is 5. The van der Waals surface area contributed by atoms with Crippen LogP contribution in [0.2, 0.25) is 0 Å². The van der Waals surface area contributed by atoms with Crippen molar-refractivity contribution in [1.82, 2.24) is 0 Å². The van der Waals surface area contributed by atoms with Gasteiger partial charge in [-0.2, -0.15) is 0 Å². The lowest BCUT2D eigenvalue weighted by atomic mass is 9.79. The summed E-state index contributed by atoms with van der Waals surface area (Å²) in [5.41, 5.74) is 1.07. The number of benzene rings is 1. The van der Waals surface area contributed by atoms with E-state index in [0.29, 0.717) is 30.5 Å². The summed E-state index contributed by atoms with van der Waals surface area (Å²) in [7, 11) is 1.79. The molecule has 0 spiro atoms. The Morgan fingerprint density at radius 3 is 2.04 bits per heavy atom. The van der Waals surface area contributed by atoms with Gasteiger partial charge < -0.3 is 23.0 Å². The molecule has 1 aromatic rings. The predicted octanol–water partition coefficient (Wildman–Crippen LogP) is 6.63. The third-order valence-corrected chi connectivity index (χ3v) is 5.79. The van der Waals surface area contributed by atoms with Crippen molar-refractivity contribution in [1.29, 1.82) is 0 Å². The highest BCUT2D eigenvalue weighted by Gasteiger charge is 2.30. The van der Waals surface area contributed by atoms with Gasteiger partial charge in [-0.15, -0.1) is 0 Å². The van der Waals surface area contributed by atoms with E-state index in [0.717, 1.165) is 12.0 Å². The predicted molar refractivity (Wildman–Crippen MR) is 112 cm³/mol. The van der Waals surface area contributed by atoms with Crippen LogP contribution in [0, 0.1) is 0 Å². The van der Waals surface area contributed by atoms with E-state index in [9.17, 15) is 0 Å². The lowest BCUT2D eigenvalue weighted by Gasteiger charge is -2.29. The van der Waals surface area contributed by atoms with Crippen molar-refractivity contribution in [2.24, 2.45) is 0 Å². The van der Waals surface area contributed by atoms with Crippen LogP contribution in [-0.2, 0) is 14.5 Å². The zero-order valence-corrected chi connectivity index (χ0v) is 19.0. The average Bonchev–Trinajstić information content (AvgIpc) is 2.65. The lowest BCUT2D eigenvalue weighted by molar-refractivity contribution is 0.216.